The lowest BCUT2D eigenvalue weighted by Gasteiger charge is -2.20. The molecular weight excluding hydrogens is 295 g/mol. The zero-order valence-electron chi connectivity index (χ0n) is 11.9. The maximum atomic E-state index is 4.63. The van der Waals surface area contributed by atoms with E-state index in [-0.39, 0.29) is 24.8 Å². The van der Waals surface area contributed by atoms with Gasteiger partial charge in [0.15, 0.2) is 5.82 Å². The number of nitrogens with zero attached hydrogens (tertiary/aromatic N) is 4. The second-order valence-electron chi connectivity index (χ2n) is 4.10. The van der Waals surface area contributed by atoms with Crippen LogP contribution >= 0.6 is 24.8 Å². The molecule has 0 saturated heterocycles. The third-order valence-electron chi connectivity index (χ3n) is 2.87. The average Bonchev–Trinajstić information content (AvgIpc) is 2.40. The molecule has 0 fully saturated rings. The number of hydrogen-bond donors (Lipinski definition) is 0. The van der Waals surface area contributed by atoms with Crippen molar-refractivity contribution in [1.29, 1.82) is 0 Å². The van der Waals surface area contributed by atoms with Crippen molar-refractivity contribution in [2.75, 3.05) is 18.0 Å². The molecule has 2 heterocycles. The highest BCUT2D eigenvalue weighted by molar-refractivity contribution is 5.85. The smallest absolute Gasteiger partial charge is 0.161 e. The van der Waals surface area contributed by atoms with E-state index < -0.39 is 0 Å². The fraction of sp³-hybridized carbons (Fsp3) is 0.357. The minimum absolute atomic E-state index is 0. The number of aryl methyl sites for hydroxylation is 1. The molecule has 0 N–H and O–H groups in total. The summed E-state index contributed by atoms with van der Waals surface area (Å²) in [7, 11) is 0. The maximum absolute atomic E-state index is 4.63. The van der Waals surface area contributed by atoms with Crippen molar-refractivity contribution >= 4 is 30.6 Å². The number of hydrogen-bond acceptors (Lipinski definition) is 4. The Bertz CT molecular complexity index is 516. The number of aromatic nitrogens is 3. The second-order valence-corrected chi connectivity index (χ2v) is 4.10. The van der Waals surface area contributed by atoms with Crippen molar-refractivity contribution in [3.63, 3.8) is 0 Å². The molecule has 0 aliphatic carbocycles. The Labute approximate surface area is 132 Å². The Morgan fingerprint density at radius 3 is 2.15 bits per heavy atom. The van der Waals surface area contributed by atoms with Gasteiger partial charge in [-0.2, -0.15) is 0 Å². The maximum Gasteiger partial charge on any atom is 0.161 e. The predicted octanol–water partition coefficient (Wildman–Crippen LogP) is 3.54. The van der Waals surface area contributed by atoms with Crippen molar-refractivity contribution < 1.29 is 0 Å². The normalized spacial score (nSPS) is 9.35. The molecule has 0 aliphatic heterocycles. The van der Waals surface area contributed by atoms with Crippen LogP contribution in [-0.4, -0.2) is 28.0 Å². The van der Waals surface area contributed by atoms with E-state index in [1.54, 1.807) is 12.4 Å². The van der Waals surface area contributed by atoms with Gasteiger partial charge in [0.25, 0.3) is 0 Å². The van der Waals surface area contributed by atoms with E-state index in [0.717, 1.165) is 36.0 Å². The van der Waals surface area contributed by atoms with E-state index in [2.05, 4.69) is 33.7 Å². The molecule has 2 aromatic heterocycles. The van der Waals surface area contributed by atoms with E-state index in [4.69, 9.17) is 0 Å². The first-order valence-corrected chi connectivity index (χ1v) is 6.25. The highest BCUT2D eigenvalue weighted by Crippen LogP contribution is 2.19. The lowest BCUT2D eigenvalue weighted by molar-refractivity contribution is 0.840. The van der Waals surface area contributed by atoms with Gasteiger partial charge in [-0.3, -0.25) is 4.98 Å². The van der Waals surface area contributed by atoms with Crippen LogP contribution in [0.5, 0.6) is 0 Å². The molecule has 4 nitrogen and oxygen atoms in total. The Morgan fingerprint density at radius 2 is 1.60 bits per heavy atom. The molecule has 0 bridgehead atoms. The van der Waals surface area contributed by atoms with Crippen LogP contribution in [0.15, 0.2) is 30.6 Å². The molecular formula is C14H20Cl2N4. The van der Waals surface area contributed by atoms with E-state index in [9.17, 15) is 0 Å². The Kier molecular flexibility index (Phi) is 8.11. The van der Waals surface area contributed by atoms with Gasteiger partial charge in [0.05, 0.1) is 0 Å². The van der Waals surface area contributed by atoms with Gasteiger partial charge in [-0.25, -0.2) is 9.97 Å². The zero-order chi connectivity index (χ0) is 13.0. The van der Waals surface area contributed by atoms with Crippen molar-refractivity contribution in [3.8, 4) is 11.4 Å². The number of halogens is 2. The van der Waals surface area contributed by atoms with Crippen LogP contribution in [0.2, 0.25) is 0 Å². The van der Waals surface area contributed by atoms with Gasteiger partial charge in [-0.05, 0) is 32.9 Å². The second kappa shape index (κ2) is 8.72. The summed E-state index contributed by atoms with van der Waals surface area (Å²) < 4.78 is 0. The van der Waals surface area contributed by atoms with Crippen LogP contribution in [0.3, 0.4) is 0 Å². The summed E-state index contributed by atoms with van der Waals surface area (Å²) in [5.41, 5.74) is 1.99. The Balaban J connectivity index is 0.00000180. The molecule has 2 aromatic rings. The van der Waals surface area contributed by atoms with Gasteiger partial charge in [-0.1, -0.05) is 0 Å². The van der Waals surface area contributed by atoms with Crippen LogP contribution in [0.25, 0.3) is 11.4 Å². The van der Waals surface area contributed by atoms with Crippen LogP contribution in [-0.2, 0) is 0 Å². The fourth-order valence-electron chi connectivity index (χ4n) is 1.89. The average molecular weight is 315 g/mol. The van der Waals surface area contributed by atoms with Crippen LogP contribution in [0, 0.1) is 6.92 Å². The lowest BCUT2D eigenvalue weighted by atomic mass is 10.2. The number of rotatable bonds is 4. The van der Waals surface area contributed by atoms with Gasteiger partial charge in [0.1, 0.15) is 5.82 Å². The molecule has 2 rings (SSSR count). The standard InChI is InChI=1S/C14H18N4.2ClH/c1-4-18(5-2)13-10-11(3)16-14(17-13)12-6-8-15-9-7-12;;/h6-10H,4-5H2,1-3H3;2*1H. The summed E-state index contributed by atoms with van der Waals surface area (Å²) in [6, 6.07) is 5.89. The molecule has 0 aliphatic rings. The van der Waals surface area contributed by atoms with Gasteiger partial charge >= 0.3 is 0 Å². The molecule has 20 heavy (non-hydrogen) atoms. The van der Waals surface area contributed by atoms with Crippen molar-refractivity contribution in [2.24, 2.45) is 0 Å². The predicted molar refractivity (Wildman–Crippen MR) is 88.1 cm³/mol. The SMILES string of the molecule is CCN(CC)c1cc(C)nc(-c2ccncc2)n1.Cl.Cl. The monoisotopic (exact) mass is 314 g/mol. The highest BCUT2D eigenvalue weighted by atomic mass is 35.5. The van der Waals surface area contributed by atoms with E-state index in [1.165, 1.54) is 0 Å². The van der Waals surface area contributed by atoms with Crippen molar-refractivity contribution in [2.45, 2.75) is 20.8 Å². The van der Waals surface area contributed by atoms with Gasteiger partial charge in [0.2, 0.25) is 0 Å². The van der Waals surface area contributed by atoms with Gasteiger partial charge in [0, 0.05) is 42.8 Å². The minimum atomic E-state index is 0. The molecule has 6 heteroatoms. The summed E-state index contributed by atoms with van der Waals surface area (Å²) in [6.45, 7) is 8.16. The number of anilines is 1. The molecule has 0 amide bonds. The van der Waals surface area contributed by atoms with Gasteiger partial charge in [-0.15, -0.1) is 24.8 Å². The minimum Gasteiger partial charge on any atom is -0.357 e. The zero-order valence-corrected chi connectivity index (χ0v) is 13.5. The molecule has 0 spiro atoms. The molecule has 0 saturated carbocycles. The summed E-state index contributed by atoms with van der Waals surface area (Å²) in [4.78, 5) is 15.4. The van der Waals surface area contributed by atoms with Gasteiger partial charge < -0.3 is 4.90 Å². The van der Waals surface area contributed by atoms with Crippen LogP contribution in [0.1, 0.15) is 19.5 Å². The van der Waals surface area contributed by atoms with E-state index in [0.29, 0.717) is 0 Å². The third-order valence-corrected chi connectivity index (χ3v) is 2.87. The van der Waals surface area contributed by atoms with E-state index in [1.807, 2.05) is 25.1 Å². The summed E-state index contributed by atoms with van der Waals surface area (Å²) in [5.74, 6) is 1.75. The van der Waals surface area contributed by atoms with Crippen molar-refractivity contribution in [1.82, 2.24) is 15.0 Å². The highest BCUT2D eigenvalue weighted by Gasteiger charge is 2.08. The lowest BCUT2D eigenvalue weighted by Crippen LogP contribution is -2.23. The fourth-order valence-corrected chi connectivity index (χ4v) is 1.89. The van der Waals surface area contributed by atoms with E-state index >= 15 is 0 Å². The molecule has 0 unspecified atom stereocenters. The van der Waals surface area contributed by atoms with Crippen LogP contribution in [0.4, 0.5) is 5.82 Å². The van der Waals surface area contributed by atoms with Crippen LogP contribution < -0.4 is 4.90 Å². The first kappa shape index (κ1) is 18.6. The Hall–Kier alpha value is -1.39. The first-order valence-electron chi connectivity index (χ1n) is 6.25. The molecule has 0 radical (unpaired) electrons. The molecule has 0 atom stereocenters. The molecule has 110 valence electrons. The topological polar surface area (TPSA) is 41.9 Å². The summed E-state index contributed by atoms with van der Waals surface area (Å²) in [5, 5.41) is 0. The summed E-state index contributed by atoms with van der Waals surface area (Å²) in [6.07, 6.45) is 3.52. The first-order chi connectivity index (χ1) is 8.74. The quantitative estimate of drug-likeness (QED) is 0.865. The van der Waals surface area contributed by atoms with Crippen molar-refractivity contribution in [3.05, 3.63) is 36.3 Å². The number of pyridine rings is 1. The largest absolute Gasteiger partial charge is 0.357 e. The third kappa shape index (κ3) is 4.32. The molecule has 0 aromatic carbocycles. The summed E-state index contributed by atoms with van der Waals surface area (Å²) >= 11 is 0. The Morgan fingerprint density at radius 1 is 1.00 bits per heavy atom.